The zero-order chi connectivity index (χ0) is 14.8. The molecule has 2 heterocycles. The van der Waals surface area contributed by atoms with E-state index >= 15 is 0 Å². The lowest BCUT2D eigenvalue weighted by Crippen LogP contribution is -2.46. The Morgan fingerprint density at radius 3 is 2.86 bits per heavy atom. The van der Waals surface area contributed by atoms with Crippen LogP contribution in [0.15, 0.2) is 16.3 Å². The van der Waals surface area contributed by atoms with Crippen LogP contribution in [0.25, 0.3) is 0 Å². The average Bonchev–Trinajstić information content (AvgIpc) is 2.87. The lowest BCUT2D eigenvalue weighted by molar-refractivity contribution is 0.0606. The van der Waals surface area contributed by atoms with Gasteiger partial charge in [-0.1, -0.05) is 0 Å². The van der Waals surface area contributed by atoms with E-state index < -0.39 is 16.0 Å². The monoisotopic (exact) mass is 354 g/mol. The van der Waals surface area contributed by atoms with E-state index in [9.17, 15) is 13.2 Å². The Bertz CT molecular complexity index is 588. The third-order valence-corrected chi connectivity index (χ3v) is 5.78. The van der Waals surface area contributed by atoms with Crippen LogP contribution < -0.4 is 10.0 Å². The number of rotatable bonds is 4. The molecule has 6 nitrogen and oxygen atoms in total. The molecule has 120 valence electrons. The predicted octanol–water partition coefficient (Wildman–Crippen LogP) is 1.38. The van der Waals surface area contributed by atoms with E-state index in [-0.39, 0.29) is 28.2 Å². The van der Waals surface area contributed by atoms with Gasteiger partial charge in [0.05, 0.1) is 12.0 Å². The summed E-state index contributed by atoms with van der Waals surface area (Å²) in [6, 6.07) is 1.57. The number of esters is 1. The molecule has 9 heteroatoms. The van der Waals surface area contributed by atoms with Crippen LogP contribution in [-0.4, -0.2) is 40.1 Å². The number of methoxy groups -OCH3 is 1. The van der Waals surface area contributed by atoms with E-state index in [1.165, 1.54) is 18.6 Å². The fourth-order valence-electron chi connectivity index (χ4n) is 2.19. The molecule has 1 aliphatic rings. The molecule has 1 aromatic heterocycles. The molecule has 2 N–H and O–H groups in total. The maximum atomic E-state index is 12.3. The van der Waals surface area contributed by atoms with Gasteiger partial charge in [0.1, 0.15) is 4.88 Å². The van der Waals surface area contributed by atoms with Crippen molar-refractivity contribution in [2.45, 2.75) is 36.7 Å². The molecule has 1 saturated heterocycles. The number of piperidine rings is 1. The molecule has 2 atom stereocenters. The number of carbonyl (C=O) groups is 1. The van der Waals surface area contributed by atoms with Crippen LogP contribution in [0.1, 0.15) is 29.4 Å². The topological polar surface area (TPSA) is 84.5 Å². The Kier molecular flexibility index (Phi) is 6.61. The minimum atomic E-state index is -3.58. The van der Waals surface area contributed by atoms with E-state index in [1.54, 1.807) is 0 Å². The molecule has 1 aliphatic heterocycles. The first-order valence-electron chi connectivity index (χ1n) is 6.35. The quantitative estimate of drug-likeness (QED) is 0.798. The highest BCUT2D eigenvalue weighted by Gasteiger charge is 2.25. The summed E-state index contributed by atoms with van der Waals surface area (Å²) in [5.41, 5.74) is 0. The van der Waals surface area contributed by atoms with Gasteiger partial charge in [-0.3, -0.25) is 0 Å². The van der Waals surface area contributed by atoms with Crippen LogP contribution in [0, 0.1) is 0 Å². The summed E-state index contributed by atoms with van der Waals surface area (Å²) in [6.07, 6.45) is 1.52. The van der Waals surface area contributed by atoms with Crippen molar-refractivity contribution in [1.29, 1.82) is 0 Å². The van der Waals surface area contributed by atoms with Crippen LogP contribution >= 0.6 is 23.7 Å². The molecular formula is C12H19ClN2O4S2. The molecule has 0 saturated carbocycles. The van der Waals surface area contributed by atoms with Crippen LogP contribution in [0.3, 0.4) is 0 Å². The molecule has 0 aliphatic carbocycles. The minimum absolute atomic E-state index is 0. The lowest BCUT2D eigenvalue weighted by Gasteiger charge is -2.28. The fraction of sp³-hybridized carbons (Fsp3) is 0.583. The highest BCUT2D eigenvalue weighted by molar-refractivity contribution is 7.89. The Labute approximate surface area is 134 Å². The molecular weight excluding hydrogens is 336 g/mol. The zero-order valence-corrected chi connectivity index (χ0v) is 14.2. The second-order valence-electron chi connectivity index (χ2n) is 4.84. The van der Waals surface area contributed by atoms with Gasteiger partial charge in [-0.25, -0.2) is 17.9 Å². The smallest absolute Gasteiger partial charge is 0.348 e. The van der Waals surface area contributed by atoms with Gasteiger partial charge in [0.25, 0.3) is 0 Å². The second-order valence-corrected chi connectivity index (χ2v) is 7.46. The Morgan fingerprint density at radius 2 is 2.24 bits per heavy atom. The number of hydrogen-bond acceptors (Lipinski definition) is 6. The molecule has 21 heavy (non-hydrogen) atoms. The number of sulfonamides is 1. The molecule has 0 spiro atoms. The van der Waals surface area contributed by atoms with Gasteiger partial charge in [0, 0.05) is 17.5 Å². The van der Waals surface area contributed by atoms with Gasteiger partial charge in [-0.15, -0.1) is 23.7 Å². The van der Waals surface area contributed by atoms with Crippen LogP contribution in [0.4, 0.5) is 0 Å². The zero-order valence-electron chi connectivity index (χ0n) is 11.8. The Morgan fingerprint density at radius 1 is 1.52 bits per heavy atom. The van der Waals surface area contributed by atoms with Crippen molar-refractivity contribution in [2.24, 2.45) is 0 Å². The molecule has 0 bridgehead atoms. The third kappa shape index (κ3) is 4.65. The van der Waals surface area contributed by atoms with Crippen molar-refractivity contribution in [3.05, 3.63) is 16.3 Å². The molecule has 0 amide bonds. The van der Waals surface area contributed by atoms with Crippen LogP contribution in [-0.2, 0) is 14.8 Å². The molecule has 1 aromatic rings. The average molecular weight is 355 g/mol. The predicted molar refractivity (Wildman–Crippen MR) is 83.7 cm³/mol. The first-order chi connectivity index (χ1) is 9.42. The molecule has 1 fully saturated rings. The minimum Gasteiger partial charge on any atom is -0.465 e. The third-order valence-electron chi connectivity index (χ3n) is 3.22. The van der Waals surface area contributed by atoms with Gasteiger partial charge >= 0.3 is 5.97 Å². The van der Waals surface area contributed by atoms with Crippen LogP contribution in [0.5, 0.6) is 0 Å². The van der Waals surface area contributed by atoms with E-state index in [0.29, 0.717) is 6.04 Å². The van der Waals surface area contributed by atoms with E-state index in [1.807, 2.05) is 6.92 Å². The van der Waals surface area contributed by atoms with Crippen molar-refractivity contribution in [2.75, 3.05) is 13.7 Å². The first-order valence-corrected chi connectivity index (χ1v) is 8.71. The van der Waals surface area contributed by atoms with Gasteiger partial charge in [0.2, 0.25) is 10.0 Å². The molecule has 2 rings (SSSR count). The van der Waals surface area contributed by atoms with E-state index in [4.69, 9.17) is 0 Å². The molecule has 0 aromatic carbocycles. The largest absolute Gasteiger partial charge is 0.465 e. The van der Waals surface area contributed by atoms with Crippen molar-refractivity contribution in [3.8, 4) is 0 Å². The van der Waals surface area contributed by atoms with E-state index in [0.717, 1.165) is 30.7 Å². The number of hydrogen-bond donors (Lipinski definition) is 2. The highest BCUT2D eigenvalue weighted by Crippen LogP contribution is 2.21. The normalized spacial score (nSPS) is 22.4. The second kappa shape index (κ2) is 7.55. The van der Waals surface area contributed by atoms with Crippen molar-refractivity contribution in [3.63, 3.8) is 0 Å². The van der Waals surface area contributed by atoms with Crippen LogP contribution in [0.2, 0.25) is 0 Å². The summed E-state index contributed by atoms with van der Waals surface area (Å²) in [4.78, 5) is 11.8. The summed E-state index contributed by atoms with van der Waals surface area (Å²) in [6.45, 7) is 2.83. The number of thiophene rings is 1. The fourth-order valence-corrected chi connectivity index (χ4v) is 4.67. The summed E-state index contributed by atoms with van der Waals surface area (Å²) >= 11 is 1.07. The lowest BCUT2D eigenvalue weighted by atomic mass is 10.0. The van der Waals surface area contributed by atoms with E-state index in [2.05, 4.69) is 14.8 Å². The van der Waals surface area contributed by atoms with Crippen molar-refractivity contribution < 1.29 is 17.9 Å². The first kappa shape index (κ1) is 18.4. The maximum absolute atomic E-state index is 12.3. The number of nitrogens with one attached hydrogen (secondary N) is 2. The van der Waals surface area contributed by atoms with Gasteiger partial charge in [0.15, 0.2) is 0 Å². The van der Waals surface area contributed by atoms with Crippen molar-refractivity contribution >= 4 is 39.7 Å². The standard InChI is InChI=1S/C12H18N2O4S2.ClH/c1-8-5-9(3-4-13-8)14-20(16,17)10-6-11(19-7-10)12(15)18-2;/h6-9,13-14H,3-5H2,1-2H3;1H. The van der Waals surface area contributed by atoms with Crippen molar-refractivity contribution in [1.82, 2.24) is 10.0 Å². The summed E-state index contributed by atoms with van der Waals surface area (Å²) in [5, 5.41) is 4.73. The van der Waals surface area contributed by atoms with Gasteiger partial charge in [-0.05, 0) is 32.4 Å². The number of ether oxygens (including phenoxy) is 1. The summed E-state index contributed by atoms with van der Waals surface area (Å²) in [7, 11) is -2.31. The molecule has 0 radical (unpaired) electrons. The van der Waals surface area contributed by atoms with Gasteiger partial charge < -0.3 is 10.1 Å². The van der Waals surface area contributed by atoms with Gasteiger partial charge in [-0.2, -0.15) is 0 Å². The number of halogens is 1. The summed E-state index contributed by atoms with van der Waals surface area (Å²) in [5.74, 6) is -0.521. The maximum Gasteiger partial charge on any atom is 0.348 e. The highest BCUT2D eigenvalue weighted by atomic mass is 35.5. The molecule has 2 unspecified atom stereocenters. The summed E-state index contributed by atoms with van der Waals surface area (Å²) < 4.78 is 31.8. The SMILES string of the molecule is COC(=O)c1cc(S(=O)(=O)NC2CCNC(C)C2)cs1.Cl. The number of carbonyl (C=O) groups excluding carboxylic acids is 1. The Hall–Kier alpha value is -0.670. The Balaban J connectivity index is 0.00000220.